The minimum atomic E-state index is -0.962. The molecular weight excluding hydrogens is 462 g/mol. The Bertz CT molecular complexity index is 1340. The van der Waals surface area contributed by atoms with Crippen LogP contribution in [0, 0.1) is 0 Å². The monoisotopic (exact) mass is 485 g/mol. The standard InChI is InChI=1S/C27H23N3O6/c28-24-22(25(31)34-16-19-10-4-1-5-11-19)23(26(32)35-17-20-12-6-2-7-13-20)29-30(24)27(33)36-18-21-14-8-3-9-15-21/h1-15H,16-18,28H2. The van der Waals surface area contributed by atoms with E-state index in [-0.39, 0.29) is 25.4 Å². The van der Waals surface area contributed by atoms with Crippen molar-refractivity contribution in [2.24, 2.45) is 0 Å². The molecule has 0 fully saturated rings. The molecule has 3 aromatic carbocycles. The Morgan fingerprint density at radius 3 is 1.53 bits per heavy atom. The van der Waals surface area contributed by atoms with Gasteiger partial charge in [0.2, 0.25) is 0 Å². The van der Waals surface area contributed by atoms with Gasteiger partial charge in [0.25, 0.3) is 0 Å². The van der Waals surface area contributed by atoms with Gasteiger partial charge in [0.1, 0.15) is 31.2 Å². The van der Waals surface area contributed by atoms with Crippen molar-refractivity contribution in [2.45, 2.75) is 19.8 Å². The maximum absolute atomic E-state index is 12.9. The van der Waals surface area contributed by atoms with Gasteiger partial charge in [-0.3, -0.25) is 0 Å². The lowest BCUT2D eigenvalue weighted by Gasteiger charge is -2.07. The quantitative estimate of drug-likeness (QED) is 0.288. The van der Waals surface area contributed by atoms with E-state index in [2.05, 4.69) is 5.10 Å². The fraction of sp³-hybridized carbons (Fsp3) is 0.111. The van der Waals surface area contributed by atoms with Gasteiger partial charge in [-0.25, -0.2) is 14.4 Å². The summed E-state index contributed by atoms with van der Waals surface area (Å²) in [4.78, 5) is 38.5. The normalized spacial score (nSPS) is 10.4. The van der Waals surface area contributed by atoms with Crippen molar-refractivity contribution in [1.29, 1.82) is 0 Å². The maximum Gasteiger partial charge on any atom is 0.436 e. The first kappa shape index (κ1) is 24.2. The summed E-state index contributed by atoms with van der Waals surface area (Å²) in [6, 6.07) is 26.9. The number of carbonyl (C=O) groups excluding carboxylic acids is 3. The zero-order chi connectivity index (χ0) is 25.3. The summed E-state index contributed by atoms with van der Waals surface area (Å²) < 4.78 is 16.6. The lowest BCUT2D eigenvalue weighted by Crippen LogP contribution is -2.18. The first-order chi connectivity index (χ1) is 17.5. The summed E-state index contributed by atoms with van der Waals surface area (Å²) in [5, 5.41) is 3.95. The van der Waals surface area contributed by atoms with Crippen LogP contribution in [0.2, 0.25) is 0 Å². The van der Waals surface area contributed by atoms with Gasteiger partial charge in [0.15, 0.2) is 5.69 Å². The van der Waals surface area contributed by atoms with Crippen LogP contribution in [-0.2, 0) is 34.0 Å². The number of hydrogen-bond acceptors (Lipinski definition) is 8. The Hall–Kier alpha value is -4.92. The third-order valence-electron chi connectivity index (χ3n) is 5.12. The van der Waals surface area contributed by atoms with Crippen molar-refractivity contribution in [2.75, 3.05) is 5.73 Å². The second-order valence-corrected chi connectivity index (χ2v) is 7.68. The molecule has 0 spiro atoms. The van der Waals surface area contributed by atoms with E-state index in [1.807, 2.05) is 18.2 Å². The van der Waals surface area contributed by atoms with Crippen LogP contribution >= 0.6 is 0 Å². The molecule has 0 amide bonds. The molecule has 0 saturated carbocycles. The minimum Gasteiger partial charge on any atom is -0.457 e. The summed E-state index contributed by atoms with van der Waals surface area (Å²) in [5.41, 5.74) is 7.46. The average molecular weight is 485 g/mol. The molecular formula is C27H23N3O6. The first-order valence-electron chi connectivity index (χ1n) is 11.0. The topological polar surface area (TPSA) is 123 Å². The van der Waals surface area contributed by atoms with Crippen LogP contribution in [0.15, 0.2) is 91.0 Å². The Morgan fingerprint density at radius 1 is 0.639 bits per heavy atom. The van der Waals surface area contributed by atoms with Crippen LogP contribution in [0.5, 0.6) is 0 Å². The molecule has 2 N–H and O–H groups in total. The van der Waals surface area contributed by atoms with E-state index in [0.717, 1.165) is 16.7 Å². The van der Waals surface area contributed by atoms with Gasteiger partial charge < -0.3 is 19.9 Å². The highest BCUT2D eigenvalue weighted by atomic mass is 16.6. The van der Waals surface area contributed by atoms with Gasteiger partial charge in [0, 0.05) is 0 Å². The Labute approximate surface area is 207 Å². The molecule has 0 saturated heterocycles. The molecule has 0 aliphatic heterocycles. The summed E-state index contributed by atoms with van der Waals surface area (Å²) in [6.07, 6.45) is -0.962. The predicted octanol–water partition coefficient (Wildman–Crippen LogP) is 4.36. The number of nitrogens with two attached hydrogens (primary N) is 1. The molecule has 4 rings (SSSR count). The van der Waals surface area contributed by atoms with E-state index in [0.29, 0.717) is 4.68 Å². The largest absolute Gasteiger partial charge is 0.457 e. The lowest BCUT2D eigenvalue weighted by molar-refractivity contribution is 0.0422. The molecule has 0 radical (unpaired) electrons. The van der Waals surface area contributed by atoms with Gasteiger partial charge in [-0.15, -0.1) is 4.68 Å². The zero-order valence-corrected chi connectivity index (χ0v) is 19.2. The van der Waals surface area contributed by atoms with Gasteiger partial charge in [-0.05, 0) is 16.7 Å². The molecule has 4 aromatic rings. The van der Waals surface area contributed by atoms with E-state index in [1.165, 1.54) is 0 Å². The smallest absolute Gasteiger partial charge is 0.436 e. The Morgan fingerprint density at radius 2 is 1.06 bits per heavy atom. The SMILES string of the molecule is Nc1c(C(=O)OCc2ccccc2)c(C(=O)OCc2ccccc2)nn1C(=O)OCc1ccccc1. The molecule has 9 nitrogen and oxygen atoms in total. The molecule has 0 aliphatic rings. The molecule has 9 heteroatoms. The van der Waals surface area contributed by atoms with Gasteiger partial charge >= 0.3 is 18.0 Å². The maximum atomic E-state index is 12.9. The molecule has 182 valence electrons. The number of ether oxygens (including phenoxy) is 3. The number of anilines is 1. The highest BCUT2D eigenvalue weighted by Gasteiger charge is 2.31. The van der Waals surface area contributed by atoms with Gasteiger partial charge in [0.05, 0.1) is 0 Å². The van der Waals surface area contributed by atoms with Crippen molar-refractivity contribution in [3.05, 3.63) is 119 Å². The fourth-order valence-corrected chi connectivity index (χ4v) is 3.28. The van der Waals surface area contributed by atoms with Crippen molar-refractivity contribution < 1.29 is 28.6 Å². The number of nitrogens with zero attached hydrogens (tertiary/aromatic N) is 2. The second-order valence-electron chi connectivity index (χ2n) is 7.68. The van der Waals surface area contributed by atoms with E-state index in [9.17, 15) is 14.4 Å². The summed E-state index contributed by atoms with van der Waals surface area (Å²) in [6.45, 7) is -0.189. The first-order valence-corrected chi connectivity index (χ1v) is 11.0. The van der Waals surface area contributed by atoms with Crippen LogP contribution in [0.25, 0.3) is 0 Å². The molecule has 0 unspecified atom stereocenters. The van der Waals surface area contributed by atoms with Crippen molar-refractivity contribution in [1.82, 2.24) is 9.78 Å². The summed E-state index contributed by atoms with van der Waals surface area (Å²) in [7, 11) is 0. The van der Waals surface area contributed by atoms with Crippen LogP contribution in [0.4, 0.5) is 10.6 Å². The molecule has 0 atom stereocenters. The minimum absolute atomic E-state index is 0.0550. The summed E-state index contributed by atoms with van der Waals surface area (Å²) in [5.74, 6) is -2.25. The third-order valence-corrected chi connectivity index (χ3v) is 5.12. The Kier molecular flexibility index (Phi) is 7.72. The number of benzene rings is 3. The van der Waals surface area contributed by atoms with Gasteiger partial charge in [-0.2, -0.15) is 5.10 Å². The van der Waals surface area contributed by atoms with Crippen molar-refractivity contribution >= 4 is 23.8 Å². The summed E-state index contributed by atoms with van der Waals surface area (Å²) >= 11 is 0. The average Bonchev–Trinajstić information content (AvgIpc) is 3.28. The number of aromatic nitrogens is 2. The number of esters is 2. The van der Waals surface area contributed by atoms with Crippen LogP contribution in [0.1, 0.15) is 37.5 Å². The second kappa shape index (κ2) is 11.5. The predicted molar refractivity (Wildman–Crippen MR) is 130 cm³/mol. The highest BCUT2D eigenvalue weighted by molar-refractivity contribution is 6.06. The van der Waals surface area contributed by atoms with Crippen molar-refractivity contribution in [3.63, 3.8) is 0 Å². The van der Waals surface area contributed by atoms with E-state index < -0.39 is 29.5 Å². The third kappa shape index (κ3) is 5.95. The van der Waals surface area contributed by atoms with E-state index >= 15 is 0 Å². The van der Waals surface area contributed by atoms with Gasteiger partial charge in [-0.1, -0.05) is 91.0 Å². The lowest BCUT2D eigenvalue weighted by atomic mass is 10.2. The van der Waals surface area contributed by atoms with Crippen LogP contribution in [-0.4, -0.2) is 27.8 Å². The molecule has 1 aromatic heterocycles. The Balaban J connectivity index is 1.56. The highest BCUT2D eigenvalue weighted by Crippen LogP contribution is 2.21. The molecule has 36 heavy (non-hydrogen) atoms. The number of carbonyl (C=O) groups is 3. The molecule has 0 bridgehead atoms. The number of hydrogen-bond donors (Lipinski definition) is 1. The number of nitrogen functional groups attached to an aromatic ring is 1. The van der Waals surface area contributed by atoms with E-state index in [4.69, 9.17) is 19.9 Å². The molecule has 1 heterocycles. The van der Waals surface area contributed by atoms with Crippen LogP contribution < -0.4 is 5.73 Å². The zero-order valence-electron chi connectivity index (χ0n) is 19.2. The fourth-order valence-electron chi connectivity index (χ4n) is 3.28. The molecule has 0 aliphatic carbocycles. The van der Waals surface area contributed by atoms with Crippen molar-refractivity contribution in [3.8, 4) is 0 Å². The van der Waals surface area contributed by atoms with E-state index in [1.54, 1.807) is 72.8 Å². The number of rotatable bonds is 8. The van der Waals surface area contributed by atoms with Crippen LogP contribution in [0.3, 0.4) is 0 Å².